The van der Waals surface area contributed by atoms with E-state index in [1.54, 1.807) is 11.8 Å². The Hall–Kier alpha value is -1.31. The minimum Gasteiger partial charge on any atom is -0.481 e. The number of carboxylic acids is 2. The number of aliphatic hydroxyl groups excluding tert-OH is 3. The molecular formula is C24H49NO10S. The zero-order valence-corrected chi connectivity index (χ0v) is 23.1. The number of aliphatic carboxylic acids is 2. The Morgan fingerprint density at radius 3 is 1.53 bits per heavy atom. The average molecular weight is 544 g/mol. The predicted octanol–water partition coefficient (Wildman–Crippen LogP) is 2.10. The number of unbranched alkanes of at least 4 members (excludes halogenated alkanes) is 4. The van der Waals surface area contributed by atoms with Crippen LogP contribution in [0.25, 0.3) is 0 Å². The van der Waals surface area contributed by atoms with Gasteiger partial charge in [0.05, 0.1) is 25.7 Å². The SMILES string of the molecule is CCCCCC(C)C(C(=O)O)C(C(=O)O)(C(C)CCCCC)S(=O)(=O)O.OCCN(CCO)CCO. The van der Waals surface area contributed by atoms with Gasteiger partial charge >= 0.3 is 11.9 Å². The van der Waals surface area contributed by atoms with Crippen LogP contribution in [0.4, 0.5) is 0 Å². The van der Waals surface area contributed by atoms with E-state index >= 15 is 0 Å². The normalized spacial score (nSPS) is 15.9. The van der Waals surface area contributed by atoms with Crippen molar-refractivity contribution < 1.29 is 48.1 Å². The van der Waals surface area contributed by atoms with Crippen LogP contribution in [0.5, 0.6) is 0 Å². The van der Waals surface area contributed by atoms with Gasteiger partial charge in [-0.05, 0) is 24.7 Å². The summed E-state index contributed by atoms with van der Waals surface area (Å²) in [4.78, 5) is 25.9. The van der Waals surface area contributed by atoms with Gasteiger partial charge in [0.25, 0.3) is 10.1 Å². The Balaban J connectivity index is 0. The maximum absolute atomic E-state index is 12.3. The lowest BCUT2D eigenvalue weighted by atomic mass is 9.72. The highest BCUT2D eigenvalue weighted by Gasteiger charge is 2.63. The fourth-order valence-electron chi connectivity index (χ4n) is 4.58. The highest BCUT2D eigenvalue weighted by Crippen LogP contribution is 2.42. The predicted molar refractivity (Wildman–Crippen MR) is 137 cm³/mol. The first-order chi connectivity index (χ1) is 16.8. The zero-order valence-electron chi connectivity index (χ0n) is 22.3. The van der Waals surface area contributed by atoms with Crippen LogP contribution in [-0.4, -0.2) is 99.5 Å². The van der Waals surface area contributed by atoms with Crippen molar-refractivity contribution in [3.05, 3.63) is 0 Å². The van der Waals surface area contributed by atoms with Gasteiger partial charge in [0.1, 0.15) is 0 Å². The molecule has 0 spiro atoms. The fourth-order valence-corrected chi connectivity index (χ4v) is 6.08. The summed E-state index contributed by atoms with van der Waals surface area (Å²) in [7, 11) is -5.16. The second-order valence-corrected chi connectivity index (χ2v) is 10.9. The van der Waals surface area contributed by atoms with Crippen LogP contribution in [0.2, 0.25) is 0 Å². The third-order valence-electron chi connectivity index (χ3n) is 6.54. The van der Waals surface area contributed by atoms with Gasteiger partial charge in [-0.3, -0.25) is 19.0 Å². The summed E-state index contributed by atoms with van der Waals surface area (Å²) in [5.74, 6) is -6.75. The molecule has 0 bridgehead atoms. The zero-order chi connectivity index (χ0) is 28.4. The Morgan fingerprint density at radius 2 is 1.22 bits per heavy atom. The standard InChI is InChI=1S/C18H34O7S.C6H15NO3/c1-5-7-9-11-13(3)15(16(19)20)18(17(21)22,26(23,24)25)14(4)12-10-8-6-2;8-4-1-7(2-5-9)3-6-10/h13-15H,5-12H2,1-4H3,(H,19,20)(H,21,22)(H,23,24,25);8-10H,1-6H2. The topological polar surface area (TPSA) is 193 Å². The minimum atomic E-state index is -5.16. The highest BCUT2D eigenvalue weighted by atomic mass is 32.2. The minimum absolute atomic E-state index is 0.0694. The molecule has 0 aliphatic rings. The van der Waals surface area contributed by atoms with E-state index in [0.29, 0.717) is 38.9 Å². The molecule has 0 rings (SSSR count). The quantitative estimate of drug-likeness (QED) is 0.0972. The van der Waals surface area contributed by atoms with Gasteiger partial charge in [-0.1, -0.05) is 66.2 Å². The Labute approximate surface area is 216 Å². The summed E-state index contributed by atoms with van der Waals surface area (Å²) in [5.41, 5.74) is 0. The second-order valence-electron chi connectivity index (χ2n) is 9.27. The van der Waals surface area contributed by atoms with Crippen molar-refractivity contribution in [2.24, 2.45) is 17.8 Å². The van der Waals surface area contributed by atoms with Crippen LogP contribution in [0.1, 0.15) is 79.1 Å². The van der Waals surface area contributed by atoms with Gasteiger partial charge in [0.15, 0.2) is 0 Å². The molecule has 36 heavy (non-hydrogen) atoms. The second kappa shape index (κ2) is 19.8. The highest BCUT2D eigenvalue weighted by molar-refractivity contribution is 7.88. The summed E-state index contributed by atoms with van der Waals surface area (Å²) in [6, 6.07) is 0. The van der Waals surface area contributed by atoms with Crippen LogP contribution in [0.3, 0.4) is 0 Å². The van der Waals surface area contributed by atoms with E-state index in [1.165, 1.54) is 6.92 Å². The van der Waals surface area contributed by atoms with Gasteiger partial charge in [0.2, 0.25) is 4.75 Å². The van der Waals surface area contributed by atoms with Crippen LogP contribution in [0.15, 0.2) is 0 Å². The number of rotatable bonds is 20. The first kappa shape index (κ1) is 36.8. The Morgan fingerprint density at radius 1 is 0.806 bits per heavy atom. The van der Waals surface area contributed by atoms with Crippen molar-refractivity contribution in [3.63, 3.8) is 0 Å². The first-order valence-corrected chi connectivity index (χ1v) is 14.2. The Kier molecular flexibility index (Phi) is 20.2. The van der Waals surface area contributed by atoms with Crippen LogP contribution in [0, 0.1) is 17.8 Å². The average Bonchev–Trinajstić information content (AvgIpc) is 2.77. The molecule has 0 aliphatic carbocycles. The molecule has 0 heterocycles. The first-order valence-electron chi connectivity index (χ1n) is 12.8. The van der Waals surface area contributed by atoms with E-state index in [1.807, 2.05) is 13.8 Å². The molecule has 0 aromatic carbocycles. The third-order valence-corrected chi connectivity index (χ3v) is 8.23. The molecule has 0 aliphatic heterocycles. The maximum atomic E-state index is 12.3. The van der Waals surface area contributed by atoms with Gasteiger partial charge in [-0.2, -0.15) is 8.42 Å². The number of aliphatic hydroxyl groups is 3. The van der Waals surface area contributed by atoms with Crippen molar-refractivity contribution in [3.8, 4) is 0 Å². The summed E-state index contributed by atoms with van der Waals surface area (Å²) in [6.07, 6.45) is 5.21. The van der Waals surface area contributed by atoms with E-state index in [4.69, 9.17) is 15.3 Å². The monoisotopic (exact) mass is 543 g/mol. The van der Waals surface area contributed by atoms with Crippen molar-refractivity contribution in [2.45, 2.75) is 83.8 Å². The van der Waals surface area contributed by atoms with Crippen LogP contribution >= 0.6 is 0 Å². The van der Waals surface area contributed by atoms with E-state index in [-0.39, 0.29) is 26.2 Å². The van der Waals surface area contributed by atoms with Gasteiger partial charge < -0.3 is 25.5 Å². The molecule has 4 unspecified atom stereocenters. The van der Waals surface area contributed by atoms with Crippen LogP contribution in [-0.2, 0) is 19.7 Å². The van der Waals surface area contributed by atoms with Crippen molar-refractivity contribution in [1.29, 1.82) is 0 Å². The number of hydrogen-bond acceptors (Lipinski definition) is 8. The van der Waals surface area contributed by atoms with E-state index < -0.39 is 44.6 Å². The van der Waals surface area contributed by atoms with Gasteiger partial charge in [-0.15, -0.1) is 0 Å². The van der Waals surface area contributed by atoms with Crippen molar-refractivity contribution in [1.82, 2.24) is 4.90 Å². The molecular weight excluding hydrogens is 494 g/mol. The van der Waals surface area contributed by atoms with Gasteiger partial charge in [-0.25, -0.2) is 0 Å². The summed E-state index contributed by atoms with van der Waals surface area (Å²) < 4.78 is 31.7. The molecule has 0 amide bonds. The van der Waals surface area contributed by atoms with E-state index in [0.717, 1.165) is 25.7 Å². The lowest BCUT2D eigenvalue weighted by molar-refractivity contribution is -0.156. The molecule has 11 nitrogen and oxygen atoms in total. The number of carboxylic acid groups (broad SMARTS) is 2. The molecule has 0 saturated carbocycles. The molecule has 216 valence electrons. The maximum Gasteiger partial charge on any atom is 0.328 e. The summed E-state index contributed by atoms with van der Waals surface area (Å²) in [5, 5.41) is 45.0. The molecule has 0 fully saturated rings. The number of carbonyl (C=O) groups is 2. The van der Waals surface area contributed by atoms with E-state index in [2.05, 4.69) is 0 Å². The van der Waals surface area contributed by atoms with Crippen LogP contribution < -0.4 is 0 Å². The smallest absolute Gasteiger partial charge is 0.328 e. The molecule has 0 saturated heterocycles. The third kappa shape index (κ3) is 11.8. The van der Waals surface area contributed by atoms with Gasteiger partial charge in [0, 0.05) is 19.6 Å². The Bertz CT molecular complexity index is 689. The fraction of sp³-hybridized carbons (Fsp3) is 0.917. The lowest BCUT2D eigenvalue weighted by Gasteiger charge is -2.39. The number of hydrogen-bond donors (Lipinski definition) is 6. The van der Waals surface area contributed by atoms with E-state index in [9.17, 15) is 32.8 Å². The van der Waals surface area contributed by atoms with Crippen molar-refractivity contribution in [2.75, 3.05) is 39.5 Å². The number of nitrogens with zero attached hydrogens (tertiary/aromatic N) is 1. The molecule has 12 heteroatoms. The molecule has 0 aromatic rings. The largest absolute Gasteiger partial charge is 0.481 e. The molecule has 0 aromatic heterocycles. The summed E-state index contributed by atoms with van der Waals surface area (Å²) >= 11 is 0. The molecule has 0 radical (unpaired) electrons. The molecule has 6 N–H and O–H groups in total. The molecule has 4 atom stereocenters. The summed E-state index contributed by atoms with van der Waals surface area (Å²) in [6.45, 7) is 8.65. The van der Waals surface area contributed by atoms with Crippen molar-refractivity contribution >= 4 is 22.1 Å². The lowest BCUT2D eigenvalue weighted by Crippen LogP contribution is -2.61.